The molecule has 0 saturated carbocycles. The second-order valence-electron chi connectivity index (χ2n) is 6.32. The molecular weight excluding hydrogens is 344 g/mol. The zero-order valence-corrected chi connectivity index (χ0v) is 16.0. The molecule has 0 aliphatic carbocycles. The van der Waals surface area contributed by atoms with E-state index in [4.69, 9.17) is 21.1 Å². The number of hydrogen-bond acceptors (Lipinski definition) is 4. The van der Waals surface area contributed by atoms with E-state index in [1.165, 1.54) is 13.2 Å². The van der Waals surface area contributed by atoms with E-state index in [-0.39, 0.29) is 23.9 Å². The maximum atomic E-state index is 11.8. The summed E-state index contributed by atoms with van der Waals surface area (Å²) >= 11 is 6.16. The zero-order valence-electron chi connectivity index (χ0n) is 15.2. The molecule has 2 amide bonds. The van der Waals surface area contributed by atoms with Gasteiger partial charge in [0.25, 0.3) is 0 Å². The number of nitrogens with one attached hydrogen (secondary N) is 2. The van der Waals surface area contributed by atoms with Gasteiger partial charge >= 0.3 is 0 Å². The quantitative estimate of drug-likeness (QED) is 0.725. The minimum atomic E-state index is -0.381. The van der Waals surface area contributed by atoms with E-state index in [9.17, 15) is 9.59 Å². The Balaban J connectivity index is 2.71. The predicted octanol–water partition coefficient (Wildman–Crippen LogP) is 2.79. The number of halogens is 1. The minimum absolute atomic E-state index is 0.0893. The van der Waals surface area contributed by atoms with Gasteiger partial charge in [-0.1, -0.05) is 11.6 Å². The molecule has 0 spiro atoms. The predicted molar refractivity (Wildman–Crippen MR) is 99.1 cm³/mol. The summed E-state index contributed by atoms with van der Waals surface area (Å²) in [6, 6.07) is 3.39. The number of amides is 2. The van der Waals surface area contributed by atoms with Crippen LogP contribution in [0, 0.1) is 0 Å². The van der Waals surface area contributed by atoms with Crippen molar-refractivity contribution in [2.45, 2.75) is 33.2 Å². The molecule has 0 unspecified atom stereocenters. The first-order valence-electron chi connectivity index (χ1n) is 7.93. The molecule has 1 aromatic rings. The lowest BCUT2D eigenvalue weighted by Gasteiger charge is -2.20. The van der Waals surface area contributed by atoms with E-state index >= 15 is 0 Å². The van der Waals surface area contributed by atoms with E-state index < -0.39 is 0 Å². The summed E-state index contributed by atoms with van der Waals surface area (Å²) in [4.78, 5) is 23.5. The summed E-state index contributed by atoms with van der Waals surface area (Å²) < 4.78 is 10.7. The molecule has 7 heteroatoms. The van der Waals surface area contributed by atoms with Crippen molar-refractivity contribution in [1.82, 2.24) is 10.6 Å². The number of benzene rings is 1. The van der Waals surface area contributed by atoms with Crippen molar-refractivity contribution in [3.8, 4) is 11.5 Å². The Morgan fingerprint density at radius 2 is 1.96 bits per heavy atom. The first-order chi connectivity index (χ1) is 11.7. The third kappa shape index (κ3) is 7.47. The highest BCUT2D eigenvalue weighted by atomic mass is 35.5. The van der Waals surface area contributed by atoms with Crippen LogP contribution in [0.3, 0.4) is 0 Å². The Morgan fingerprint density at radius 3 is 2.52 bits per heavy atom. The lowest BCUT2D eigenvalue weighted by Crippen LogP contribution is -2.45. The molecule has 1 aromatic carbocycles. The summed E-state index contributed by atoms with van der Waals surface area (Å²) in [7, 11) is 1.51. The fraction of sp³-hybridized carbons (Fsp3) is 0.444. The van der Waals surface area contributed by atoms with Crippen LogP contribution < -0.4 is 20.1 Å². The van der Waals surface area contributed by atoms with E-state index in [0.29, 0.717) is 28.7 Å². The molecule has 0 bridgehead atoms. The Labute approximate surface area is 153 Å². The molecule has 0 aliphatic rings. The molecule has 0 aliphatic heterocycles. The van der Waals surface area contributed by atoms with Crippen LogP contribution in [0.15, 0.2) is 18.2 Å². The Kier molecular flexibility index (Phi) is 7.77. The molecule has 138 valence electrons. The highest BCUT2D eigenvalue weighted by Crippen LogP contribution is 2.36. The topological polar surface area (TPSA) is 76.7 Å². The van der Waals surface area contributed by atoms with Gasteiger partial charge in [0.2, 0.25) is 11.8 Å². The third-order valence-electron chi connectivity index (χ3n) is 2.90. The summed E-state index contributed by atoms with van der Waals surface area (Å²) in [6.45, 7) is 7.84. The molecule has 0 aromatic heterocycles. The van der Waals surface area contributed by atoms with Gasteiger partial charge in [-0.3, -0.25) is 9.59 Å². The SMILES string of the molecule is CCOc1cc(/C=C/C(=O)NCC(=O)NC(C)(C)C)cc(Cl)c1OC. The third-order valence-corrected chi connectivity index (χ3v) is 3.18. The van der Waals surface area contributed by atoms with Crippen LogP contribution in [0.1, 0.15) is 33.3 Å². The summed E-state index contributed by atoms with van der Waals surface area (Å²) in [6.07, 6.45) is 2.92. The van der Waals surface area contributed by atoms with Crippen LogP contribution in [0.2, 0.25) is 5.02 Å². The van der Waals surface area contributed by atoms with Crippen molar-refractivity contribution in [1.29, 1.82) is 0 Å². The van der Waals surface area contributed by atoms with Gasteiger partial charge in [-0.05, 0) is 51.5 Å². The van der Waals surface area contributed by atoms with Crippen molar-refractivity contribution in [3.05, 3.63) is 28.8 Å². The Morgan fingerprint density at radius 1 is 1.28 bits per heavy atom. The van der Waals surface area contributed by atoms with Gasteiger partial charge in [0, 0.05) is 11.6 Å². The molecule has 2 N–H and O–H groups in total. The summed E-state index contributed by atoms with van der Waals surface area (Å²) in [5.74, 6) is 0.320. The van der Waals surface area contributed by atoms with Gasteiger partial charge in [-0.2, -0.15) is 0 Å². The highest BCUT2D eigenvalue weighted by Gasteiger charge is 2.14. The molecule has 0 fully saturated rings. The second kappa shape index (κ2) is 9.32. The summed E-state index contributed by atoms with van der Waals surface area (Å²) in [5.41, 5.74) is 0.344. The van der Waals surface area contributed by atoms with Crippen molar-refractivity contribution in [2.24, 2.45) is 0 Å². The molecule has 0 heterocycles. The maximum absolute atomic E-state index is 11.8. The van der Waals surface area contributed by atoms with Crippen LogP contribution >= 0.6 is 11.6 Å². The standard InChI is InChI=1S/C18H25ClN2O4/c1-6-25-14-10-12(9-13(19)17(14)24-5)7-8-15(22)20-11-16(23)21-18(2,3)4/h7-10H,6,11H2,1-5H3,(H,20,22)(H,21,23)/b8-7+. The van der Waals surface area contributed by atoms with Crippen molar-refractivity contribution in [3.63, 3.8) is 0 Å². The molecule has 0 atom stereocenters. The van der Waals surface area contributed by atoms with E-state index in [1.54, 1.807) is 18.2 Å². The lowest BCUT2D eigenvalue weighted by atomic mass is 10.1. The molecule has 0 radical (unpaired) electrons. The molecule has 6 nitrogen and oxygen atoms in total. The Hall–Kier alpha value is -2.21. The average molecular weight is 369 g/mol. The number of rotatable bonds is 7. The largest absolute Gasteiger partial charge is 0.491 e. The monoisotopic (exact) mass is 368 g/mol. The first-order valence-corrected chi connectivity index (χ1v) is 8.31. The number of ether oxygens (including phenoxy) is 2. The molecule has 0 saturated heterocycles. The van der Waals surface area contributed by atoms with Crippen LogP contribution in [-0.2, 0) is 9.59 Å². The maximum Gasteiger partial charge on any atom is 0.244 e. The minimum Gasteiger partial charge on any atom is -0.491 e. The van der Waals surface area contributed by atoms with Gasteiger partial charge in [-0.15, -0.1) is 0 Å². The highest BCUT2D eigenvalue weighted by molar-refractivity contribution is 6.32. The van der Waals surface area contributed by atoms with Gasteiger partial charge < -0.3 is 20.1 Å². The Bertz CT molecular complexity index is 651. The summed E-state index contributed by atoms with van der Waals surface area (Å²) in [5, 5.41) is 5.68. The van der Waals surface area contributed by atoms with Crippen LogP contribution in [0.4, 0.5) is 0 Å². The fourth-order valence-corrected chi connectivity index (χ4v) is 2.30. The molecular formula is C18H25ClN2O4. The number of methoxy groups -OCH3 is 1. The zero-order chi connectivity index (χ0) is 19.0. The van der Waals surface area contributed by atoms with Crippen LogP contribution in [0.25, 0.3) is 6.08 Å². The fourth-order valence-electron chi connectivity index (χ4n) is 2.01. The van der Waals surface area contributed by atoms with Gasteiger partial charge in [0.1, 0.15) is 0 Å². The normalized spacial score (nSPS) is 11.3. The van der Waals surface area contributed by atoms with Crippen molar-refractivity contribution < 1.29 is 19.1 Å². The molecule has 25 heavy (non-hydrogen) atoms. The lowest BCUT2D eigenvalue weighted by molar-refractivity contribution is -0.124. The molecule has 1 rings (SSSR count). The van der Waals surface area contributed by atoms with Crippen LogP contribution in [-0.4, -0.2) is 37.6 Å². The van der Waals surface area contributed by atoms with Gasteiger partial charge in [0.15, 0.2) is 11.5 Å². The smallest absolute Gasteiger partial charge is 0.244 e. The van der Waals surface area contributed by atoms with Crippen molar-refractivity contribution in [2.75, 3.05) is 20.3 Å². The van der Waals surface area contributed by atoms with Crippen molar-refractivity contribution >= 4 is 29.5 Å². The average Bonchev–Trinajstić information content (AvgIpc) is 2.49. The van der Waals surface area contributed by atoms with E-state index in [0.717, 1.165) is 0 Å². The first kappa shape index (κ1) is 20.8. The second-order valence-corrected chi connectivity index (χ2v) is 6.72. The number of hydrogen-bond donors (Lipinski definition) is 2. The number of carbonyl (C=O) groups excluding carboxylic acids is 2. The van der Waals surface area contributed by atoms with E-state index in [2.05, 4.69) is 10.6 Å². The van der Waals surface area contributed by atoms with E-state index in [1.807, 2.05) is 27.7 Å². The van der Waals surface area contributed by atoms with Gasteiger partial charge in [0.05, 0.1) is 25.3 Å². The van der Waals surface area contributed by atoms with Crippen LogP contribution in [0.5, 0.6) is 11.5 Å². The van der Waals surface area contributed by atoms with Gasteiger partial charge in [-0.25, -0.2) is 0 Å². The number of carbonyl (C=O) groups is 2.